The van der Waals surface area contributed by atoms with Gasteiger partial charge in [-0.1, -0.05) is 101 Å². The fraction of sp³-hybridized carbons (Fsp3) is 0.250. The third-order valence-electron chi connectivity index (χ3n) is 6.73. The van der Waals surface area contributed by atoms with E-state index < -0.39 is 7.92 Å². The molecule has 4 aromatic carbocycles. The lowest BCUT2D eigenvalue weighted by atomic mass is 9.97. The maximum Gasteiger partial charge on any atom is -0.0116 e. The Morgan fingerprint density at radius 2 is 0.879 bits per heavy atom. The van der Waals surface area contributed by atoms with E-state index in [-0.39, 0.29) is 0 Å². The smallest absolute Gasteiger partial charge is 0.0116 e. The zero-order chi connectivity index (χ0) is 22.9. The van der Waals surface area contributed by atoms with Gasteiger partial charge in [-0.05, 0) is 99.5 Å². The molecule has 0 N–H and O–H groups in total. The van der Waals surface area contributed by atoms with Crippen molar-refractivity contribution in [2.75, 3.05) is 0 Å². The predicted molar refractivity (Wildman–Crippen MR) is 145 cm³/mol. The molecule has 4 aliphatic rings. The number of hydrogen-bond acceptors (Lipinski definition) is 0. The number of rotatable bonds is 3. The molecule has 0 aliphatic heterocycles. The Morgan fingerprint density at radius 1 is 0.455 bits per heavy atom. The van der Waals surface area contributed by atoms with Crippen molar-refractivity contribution in [2.24, 2.45) is 0 Å². The predicted octanol–water partition coefficient (Wildman–Crippen LogP) is 6.56. The van der Waals surface area contributed by atoms with E-state index >= 15 is 0 Å². The Bertz CT molecular complexity index is 1200. The van der Waals surface area contributed by atoms with Gasteiger partial charge in [0.2, 0.25) is 0 Å². The van der Waals surface area contributed by atoms with E-state index in [4.69, 9.17) is 0 Å². The molecule has 4 aromatic rings. The van der Waals surface area contributed by atoms with Crippen LogP contribution in [0.25, 0.3) is 0 Å². The minimum absolute atomic E-state index is 0.621. The van der Waals surface area contributed by atoms with Crippen LogP contribution in [0.2, 0.25) is 0 Å². The molecule has 0 amide bonds. The van der Waals surface area contributed by atoms with E-state index in [1.165, 1.54) is 55.1 Å². The van der Waals surface area contributed by atoms with Gasteiger partial charge >= 0.3 is 0 Å². The molecule has 0 spiro atoms. The van der Waals surface area contributed by atoms with Gasteiger partial charge in [0, 0.05) is 0 Å². The number of hydrogen-bond donors (Lipinski definition) is 0. The fourth-order valence-corrected chi connectivity index (χ4v) is 8.17. The zero-order valence-corrected chi connectivity index (χ0v) is 21.2. The van der Waals surface area contributed by atoms with Gasteiger partial charge in [-0.3, -0.25) is 0 Å². The average molecular weight is 449 g/mol. The van der Waals surface area contributed by atoms with Crippen LogP contribution < -0.4 is 15.9 Å². The summed E-state index contributed by atoms with van der Waals surface area (Å²) in [6.45, 7) is 8.94. The summed E-state index contributed by atoms with van der Waals surface area (Å²) < 4.78 is 0. The summed E-state index contributed by atoms with van der Waals surface area (Å²) >= 11 is 0. The molecule has 0 radical (unpaired) electrons. The third kappa shape index (κ3) is 4.97. The maximum absolute atomic E-state index is 2.55. The minimum Gasteiger partial charge on any atom is -0.0588 e. The lowest BCUT2D eigenvalue weighted by Crippen LogP contribution is -2.25. The minimum atomic E-state index is -0.621. The molecular weight excluding hydrogens is 415 g/mol. The van der Waals surface area contributed by atoms with Crippen molar-refractivity contribution >= 4 is 23.8 Å². The lowest BCUT2D eigenvalue weighted by molar-refractivity contribution is 0.927. The molecule has 8 rings (SSSR count). The van der Waals surface area contributed by atoms with Gasteiger partial charge in [0.25, 0.3) is 0 Å². The van der Waals surface area contributed by atoms with Gasteiger partial charge in [0.1, 0.15) is 0 Å². The Morgan fingerprint density at radius 3 is 1.39 bits per heavy atom. The van der Waals surface area contributed by atoms with Crippen molar-refractivity contribution in [3.8, 4) is 0 Å². The van der Waals surface area contributed by atoms with E-state index in [2.05, 4.69) is 107 Å². The summed E-state index contributed by atoms with van der Waals surface area (Å²) in [4.78, 5) is 0. The monoisotopic (exact) mass is 448 g/mol. The highest BCUT2D eigenvalue weighted by Crippen LogP contribution is 2.36. The van der Waals surface area contributed by atoms with Gasteiger partial charge in [-0.2, -0.15) is 0 Å². The van der Waals surface area contributed by atoms with Crippen LogP contribution in [0.4, 0.5) is 0 Å². The Balaban J connectivity index is 1.70. The number of aryl methyl sites for hydroxylation is 8. The third-order valence-corrected chi connectivity index (χ3v) is 9.18. The molecule has 0 fully saturated rings. The molecule has 0 saturated carbocycles. The van der Waals surface area contributed by atoms with Crippen LogP contribution in [0.5, 0.6) is 0 Å². The lowest BCUT2D eigenvalue weighted by Gasteiger charge is -2.25. The zero-order valence-electron chi connectivity index (χ0n) is 20.3. The van der Waals surface area contributed by atoms with Crippen LogP contribution in [0, 0.1) is 27.7 Å². The second-order valence-corrected chi connectivity index (χ2v) is 12.0. The highest BCUT2D eigenvalue weighted by molar-refractivity contribution is 7.80. The van der Waals surface area contributed by atoms with Crippen LogP contribution in [-0.2, 0) is 25.7 Å². The summed E-state index contributed by atoms with van der Waals surface area (Å²) in [6, 6.07) is 31.0. The molecule has 0 heterocycles. The van der Waals surface area contributed by atoms with Crippen molar-refractivity contribution in [1.82, 2.24) is 0 Å². The van der Waals surface area contributed by atoms with Crippen molar-refractivity contribution in [1.29, 1.82) is 0 Å². The summed E-state index contributed by atoms with van der Waals surface area (Å²) in [6.07, 6.45) is 4.37. The van der Waals surface area contributed by atoms with Crippen LogP contribution in [0.15, 0.2) is 78.9 Å². The van der Waals surface area contributed by atoms with E-state index in [0.717, 1.165) is 25.7 Å². The van der Waals surface area contributed by atoms with Crippen molar-refractivity contribution < 1.29 is 0 Å². The van der Waals surface area contributed by atoms with Gasteiger partial charge in [-0.15, -0.1) is 0 Å². The molecule has 33 heavy (non-hydrogen) atoms. The molecule has 1 heteroatoms. The normalized spacial score (nSPS) is 13.2. The first-order valence-electron chi connectivity index (χ1n) is 12.1. The fourth-order valence-electron chi connectivity index (χ4n) is 5.21. The first kappa shape index (κ1) is 22.1. The molecular formula is C32H33P. The van der Waals surface area contributed by atoms with Gasteiger partial charge in [0.15, 0.2) is 0 Å². The molecule has 0 aromatic heterocycles. The van der Waals surface area contributed by atoms with Crippen LogP contribution in [0.1, 0.15) is 44.5 Å². The van der Waals surface area contributed by atoms with Crippen molar-refractivity contribution in [3.63, 3.8) is 0 Å². The summed E-state index contributed by atoms with van der Waals surface area (Å²) in [5, 5.41) is 4.50. The molecule has 0 atom stereocenters. The first-order chi connectivity index (χ1) is 15.9. The van der Waals surface area contributed by atoms with E-state index in [1.807, 2.05) is 0 Å². The second-order valence-electron chi connectivity index (χ2n) is 9.81. The number of benzene rings is 4. The van der Waals surface area contributed by atoms with E-state index in [9.17, 15) is 0 Å². The Labute approximate surface area is 200 Å². The van der Waals surface area contributed by atoms with Crippen LogP contribution in [-0.4, -0.2) is 0 Å². The molecule has 0 unspecified atom stereocenters. The molecule has 0 saturated heterocycles. The summed E-state index contributed by atoms with van der Waals surface area (Å²) in [7, 11) is -0.621. The molecule has 4 bridgehead atoms. The average Bonchev–Trinajstić information content (AvgIpc) is 2.75. The maximum atomic E-state index is 2.55. The van der Waals surface area contributed by atoms with Gasteiger partial charge < -0.3 is 0 Å². The topological polar surface area (TPSA) is 0 Å². The summed E-state index contributed by atoms with van der Waals surface area (Å²) in [5.41, 5.74) is 11.3. The van der Waals surface area contributed by atoms with Crippen LogP contribution >= 0.6 is 7.92 Å². The van der Waals surface area contributed by atoms with Crippen molar-refractivity contribution in [3.05, 3.63) is 123 Å². The Hall–Kier alpha value is -2.69. The highest BCUT2D eigenvalue weighted by Gasteiger charge is 2.22. The quantitative estimate of drug-likeness (QED) is 0.311. The van der Waals surface area contributed by atoms with Crippen molar-refractivity contribution in [2.45, 2.75) is 53.4 Å². The second kappa shape index (κ2) is 9.28. The SMILES string of the molecule is Cc1cc(C)cc(P(c2cc(C)cc(C)c2)c2cc3ccc2CCc2ccc(cc2)CC3)c1. The van der Waals surface area contributed by atoms with Crippen LogP contribution in [0.3, 0.4) is 0 Å². The van der Waals surface area contributed by atoms with E-state index in [1.54, 1.807) is 5.30 Å². The molecule has 0 nitrogen and oxygen atoms in total. The first-order valence-corrected chi connectivity index (χ1v) is 13.5. The standard InChI is InChI=1S/C32H33P/c1-22-15-23(2)18-30(17-22)33(31-19-24(3)16-25(4)20-31)32-21-28-10-9-26-5-7-27(8-6-26)11-13-29(32)14-12-28/h5-8,12,14-21H,9-11,13H2,1-4H3. The molecule has 4 aliphatic carbocycles. The Kier molecular flexibility index (Phi) is 6.22. The van der Waals surface area contributed by atoms with E-state index in [0.29, 0.717) is 0 Å². The largest absolute Gasteiger partial charge is 0.0588 e. The highest BCUT2D eigenvalue weighted by atomic mass is 31.1. The molecule has 166 valence electrons. The van der Waals surface area contributed by atoms with Gasteiger partial charge in [-0.25, -0.2) is 0 Å². The van der Waals surface area contributed by atoms with Gasteiger partial charge in [0.05, 0.1) is 0 Å². The summed E-state index contributed by atoms with van der Waals surface area (Å²) in [5.74, 6) is 0.